The van der Waals surface area contributed by atoms with Crippen molar-refractivity contribution in [2.24, 2.45) is 17.8 Å². The second-order valence-corrected chi connectivity index (χ2v) is 3.91. The third-order valence-corrected chi connectivity index (χ3v) is 2.97. The Bertz CT molecular complexity index is 233. The molecule has 1 aliphatic carbocycles. The minimum absolute atomic E-state index is 0.0372. The lowest BCUT2D eigenvalue weighted by Gasteiger charge is -2.26. The van der Waals surface area contributed by atoms with E-state index in [-0.39, 0.29) is 17.7 Å². The molecule has 0 aromatic heterocycles. The van der Waals surface area contributed by atoms with E-state index in [1.165, 1.54) is 12.8 Å². The highest BCUT2D eigenvalue weighted by Gasteiger charge is 2.41. The Morgan fingerprint density at radius 2 is 2.00 bits per heavy atom. The number of hydrogen-bond acceptors (Lipinski definition) is 2. The van der Waals surface area contributed by atoms with Crippen molar-refractivity contribution in [1.29, 1.82) is 0 Å². The summed E-state index contributed by atoms with van der Waals surface area (Å²) in [4.78, 5) is 22.2. The lowest BCUT2D eigenvalue weighted by Crippen LogP contribution is -2.45. The van der Waals surface area contributed by atoms with E-state index < -0.39 is 0 Å². The molecule has 12 heavy (non-hydrogen) atoms. The number of carbonyl (C=O) groups is 2. The monoisotopic (exact) mass is 167 g/mol. The van der Waals surface area contributed by atoms with E-state index in [1.807, 2.05) is 6.92 Å². The van der Waals surface area contributed by atoms with Gasteiger partial charge in [-0.3, -0.25) is 14.9 Å². The highest BCUT2D eigenvalue weighted by atomic mass is 16.2. The van der Waals surface area contributed by atoms with Crippen molar-refractivity contribution in [3.8, 4) is 0 Å². The molecule has 2 aliphatic rings. The number of nitrogens with one attached hydrogen (secondary N) is 1. The highest BCUT2D eigenvalue weighted by Crippen LogP contribution is 2.43. The van der Waals surface area contributed by atoms with Crippen LogP contribution in [0.2, 0.25) is 0 Å². The standard InChI is InChI=1S/C9H13NO2/c1-5-7(6-2-3-6)4-8(11)10-9(5)12/h5-7H,2-4H2,1H3,(H,10,11,12). The maximum Gasteiger partial charge on any atom is 0.229 e. The number of amides is 2. The van der Waals surface area contributed by atoms with Crippen LogP contribution >= 0.6 is 0 Å². The fourth-order valence-electron chi connectivity index (χ4n) is 1.99. The lowest BCUT2D eigenvalue weighted by atomic mass is 9.83. The van der Waals surface area contributed by atoms with Crippen molar-refractivity contribution < 1.29 is 9.59 Å². The molecule has 3 nitrogen and oxygen atoms in total. The van der Waals surface area contributed by atoms with E-state index in [2.05, 4.69) is 5.32 Å². The van der Waals surface area contributed by atoms with Crippen molar-refractivity contribution in [1.82, 2.24) is 5.32 Å². The molecule has 1 N–H and O–H groups in total. The van der Waals surface area contributed by atoms with Gasteiger partial charge < -0.3 is 0 Å². The van der Waals surface area contributed by atoms with Crippen molar-refractivity contribution in [3.05, 3.63) is 0 Å². The lowest BCUT2D eigenvalue weighted by molar-refractivity contribution is -0.138. The SMILES string of the molecule is CC1C(=O)NC(=O)CC1C1CC1. The predicted octanol–water partition coefficient (Wildman–Crippen LogP) is 0.695. The van der Waals surface area contributed by atoms with Crippen LogP contribution in [0.5, 0.6) is 0 Å². The van der Waals surface area contributed by atoms with Gasteiger partial charge in [0, 0.05) is 12.3 Å². The molecule has 0 bridgehead atoms. The van der Waals surface area contributed by atoms with Gasteiger partial charge in [0.15, 0.2) is 0 Å². The first-order valence-corrected chi connectivity index (χ1v) is 4.52. The van der Waals surface area contributed by atoms with Crippen LogP contribution in [0, 0.1) is 17.8 Å². The highest BCUT2D eigenvalue weighted by molar-refractivity contribution is 5.98. The molecule has 66 valence electrons. The van der Waals surface area contributed by atoms with Gasteiger partial charge in [-0.1, -0.05) is 6.92 Å². The molecule has 2 atom stereocenters. The van der Waals surface area contributed by atoms with Gasteiger partial charge in [0.05, 0.1) is 0 Å². The Hall–Kier alpha value is -0.860. The Balaban J connectivity index is 2.09. The molecule has 0 spiro atoms. The van der Waals surface area contributed by atoms with Gasteiger partial charge >= 0.3 is 0 Å². The second kappa shape index (κ2) is 2.57. The van der Waals surface area contributed by atoms with Crippen LogP contribution in [0.3, 0.4) is 0 Å². The van der Waals surface area contributed by atoms with Crippen LogP contribution in [0.25, 0.3) is 0 Å². The Morgan fingerprint density at radius 1 is 1.33 bits per heavy atom. The molecule has 2 unspecified atom stereocenters. The maximum absolute atomic E-state index is 11.2. The van der Waals surface area contributed by atoms with Gasteiger partial charge in [-0.25, -0.2) is 0 Å². The molecular weight excluding hydrogens is 154 g/mol. The van der Waals surface area contributed by atoms with Gasteiger partial charge in [-0.2, -0.15) is 0 Å². The molecule has 0 aromatic rings. The first-order chi connectivity index (χ1) is 5.68. The normalized spacial score (nSPS) is 36.4. The zero-order valence-corrected chi connectivity index (χ0v) is 7.17. The first-order valence-electron chi connectivity index (χ1n) is 4.52. The molecule has 1 aliphatic heterocycles. The van der Waals surface area contributed by atoms with Gasteiger partial charge in [0.2, 0.25) is 11.8 Å². The topological polar surface area (TPSA) is 46.2 Å². The fraction of sp³-hybridized carbons (Fsp3) is 0.778. The summed E-state index contributed by atoms with van der Waals surface area (Å²) in [6.07, 6.45) is 2.96. The van der Waals surface area contributed by atoms with Crippen molar-refractivity contribution in [2.45, 2.75) is 26.2 Å². The van der Waals surface area contributed by atoms with E-state index in [4.69, 9.17) is 0 Å². The van der Waals surface area contributed by atoms with Crippen LogP contribution in [-0.4, -0.2) is 11.8 Å². The Kier molecular flexibility index (Phi) is 1.67. The summed E-state index contributed by atoms with van der Waals surface area (Å²) in [6, 6.07) is 0. The van der Waals surface area contributed by atoms with Gasteiger partial charge in [-0.15, -0.1) is 0 Å². The fourth-order valence-corrected chi connectivity index (χ4v) is 1.99. The summed E-state index contributed by atoms with van der Waals surface area (Å²) in [5.74, 6) is 0.842. The third kappa shape index (κ3) is 1.24. The molecule has 2 amide bonds. The third-order valence-electron chi connectivity index (χ3n) is 2.97. The summed E-state index contributed by atoms with van der Waals surface area (Å²) < 4.78 is 0. The largest absolute Gasteiger partial charge is 0.296 e. The van der Waals surface area contributed by atoms with E-state index in [9.17, 15) is 9.59 Å². The summed E-state index contributed by atoms with van der Waals surface area (Å²) in [5.41, 5.74) is 0. The van der Waals surface area contributed by atoms with E-state index in [1.54, 1.807) is 0 Å². The van der Waals surface area contributed by atoms with Crippen LogP contribution in [0.4, 0.5) is 0 Å². The summed E-state index contributed by atoms with van der Waals surface area (Å²) in [6.45, 7) is 1.92. The van der Waals surface area contributed by atoms with E-state index in [0.717, 1.165) is 0 Å². The Morgan fingerprint density at radius 3 is 2.58 bits per heavy atom. The zero-order valence-electron chi connectivity index (χ0n) is 7.17. The van der Waals surface area contributed by atoms with Crippen molar-refractivity contribution >= 4 is 11.8 Å². The average Bonchev–Trinajstić information content (AvgIpc) is 2.79. The Labute approximate surface area is 71.5 Å². The van der Waals surface area contributed by atoms with E-state index >= 15 is 0 Å². The first kappa shape index (κ1) is 7.77. The number of carbonyl (C=O) groups excluding carboxylic acids is 2. The number of imide groups is 1. The predicted molar refractivity (Wildman–Crippen MR) is 43.1 cm³/mol. The smallest absolute Gasteiger partial charge is 0.229 e. The number of rotatable bonds is 1. The van der Waals surface area contributed by atoms with Crippen LogP contribution in [-0.2, 0) is 9.59 Å². The van der Waals surface area contributed by atoms with Crippen molar-refractivity contribution in [3.63, 3.8) is 0 Å². The number of piperidine rings is 1. The van der Waals surface area contributed by atoms with Crippen LogP contribution in [0.15, 0.2) is 0 Å². The molecule has 0 aromatic carbocycles. The maximum atomic E-state index is 11.2. The summed E-state index contributed by atoms with van der Waals surface area (Å²) in [7, 11) is 0. The molecule has 1 heterocycles. The summed E-state index contributed by atoms with van der Waals surface area (Å²) >= 11 is 0. The van der Waals surface area contributed by atoms with Gasteiger partial charge in [-0.05, 0) is 24.7 Å². The minimum Gasteiger partial charge on any atom is -0.296 e. The van der Waals surface area contributed by atoms with Crippen LogP contribution < -0.4 is 5.32 Å². The molecule has 1 saturated carbocycles. The molecule has 0 radical (unpaired) electrons. The van der Waals surface area contributed by atoms with E-state index in [0.29, 0.717) is 18.3 Å². The van der Waals surface area contributed by atoms with Gasteiger partial charge in [0.1, 0.15) is 0 Å². The zero-order chi connectivity index (χ0) is 8.72. The molecular formula is C9H13NO2. The second-order valence-electron chi connectivity index (χ2n) is 3.91. The van der Waals surface area contributed by atoms with Crippen molar-refractivity contribution in [2.75, 3.05) is 0 Å². The molecule has 3 heteroatoms. The quantitative estimate of drug-likeness (QED) is 0.584. The van der Waals surface area contributed by atoms with Crippen LogP contribution in [0.1, 0.15) is 26.2 Å². The van der Waals surface area contributed by atoms with Gasteiger partial charge in [0.25, 0.3) is 0 Å². The molecule has 1 saturated heterocycles. The molecule has 2 fully saturated rings. The average molecular weight is 167 g/mol. The number of hydrogen-bond donors (Lipinski definition) is 1. The summed E-state index contributed by atoms with van der Waals surface area (Å²) in [5, 5.41) is 2.36. The minimum atomic E-state index is -0.0880. The molecule has 2 rings (SSSR count).